The molecule has 33 heavy (non-hydrogen) atoms. The Balaban J connectivity index is 0.000000287. The van der Waals surface area contributed by atoms with Crippen LogP contribution in [0.5, 0.6) is 0 Å². The molecular weight excluding hydrogens is 607 g/mol. The number of fused-ring (bicyclic) bond motifs is 3. The number of ketones is 1. The Morgan fingerprint density at radius 2 is 1.76 bits per heavy atom. The molecule has 165 valence electrons. The minimum absolute atomic E-state index is 0. The molecule has 3 aromatic carbocycles. The van der Waals surface area contributed by atoms with E-state index in [4.69, 9.17) is 10.1 Å². The van der Waals surface area contributed by atoms with Crippen LogP contribution in [0, 0.1) is 6.07 Å². The zero-order valence-electron chi connectivity index (χ0n) is 18.0. The predicted molar refractivity (Wildman–Crippen MR) is 135 cm³/mol. The van der Waals surface area contributed by atoms with Crippen molar-refractivity contribution in [2.24, 2.45) is 0 Å². The molecule has 3 nitrogen and oxygen atoms in total. The van der Waals surface area contributed by atoms with Crippen LogP contribution in [0.25, 0.3) is 54.5 Å². The summed E-state index contributed by atoms with van der Waals surface area (Å²) in [6.45, 7) is 2.85. The molecule has 0 spiro atoms. The van der Waals surface area contributed by atoms with Crippen LogP contribution >= 0.6 is 11.3 Å². The van der Waals surface area contributed by atoms with Gasteiger partial charge in [0.25, 0.3) is 0 Å². The Kier molecular flexibility index (Phi) is 6.57. The van der Waals surface area contributed by atoms with Crippen molar-refractivity contribution in [1.29, 1.82) is 0 Å². The van der Waals surface area contributed by atoms with Crippen LogP contribution in [0.4, 0.5) is 0 Å². The third-order valence-corrected chi connectivity index (χ3v) is 6.47. The second-order valence-corrected chi connectivity index (χ2v) is 8.87. The van der Waals surface area contributed by atoms with Gasteiger partial charge in [0, 0.05) is 36.3 Å². The molecule has 2 heterocycles. The zero-order valence-corrected chi connectivity index (χ0v) is 21.3. The molecule has 1 N–H and O–H groups in total. The molecule has 0 aliphatic heterocycles. The van der Waals surface area contributed by atoms with Crippen molar-refractivity contribution < 1.29 is 30.0 Å². The van der Waals surface area contributed by atoms with Gasteiger partial charge in [-0.3, -0.25) is 9.78 Å². The zero-order chi connectivity index (χ0) is 22.2. The van der Waals surface area contributed by atoms with Crippen molar-refractivity contribution >= 4 is 60.3 Å². The maximum atomic E-state index is 10.0. The molecule has 1 aliphatic rings. The average molecular weight is 627 g/mol. The van der Waals surface area contributed by atoms with Crippen LogP contribution in [-0.4, -0.2) is 15.9 Å². The largest absolute Gasteiger partial charge is 0.512 e. The molecule has 0 fully saturated rings. The number of hydrogen-bond donors (Lipinski definition) is 1. The first-order chi connectivity index (χ1) is 15.5. The minimum atomic E-state index is -0.125. The normalized spacial score (nSPS) is 12.0. The summed E-state index contributed by atoms with van der Waals surface area (Å²) in [6, 6.07) is 24.9. The van der Waals surface area contributed by atoms with Crippen molar-refractivity contribution in [3.63, 3.8) is 0 Å². The van der Waals surface area contributed by atoms with Gasteiger partial charge in [-0.25, -0.2) is 0 Å². The molecule has 5 heteroatoms. The summed E-state index contributed by atoms with van der Waals surface area (Å²) in [5, 5.41) is 12.2. The Hall–Kier alpha value is -3.11. The van der Waals surface area contributed by atoms with E-state index in [9.17, 15) is 4.79 Å². The van der Waals surface area contributed by atoms with Gasteiger partial charge in [-0.15, -0.1) is 23.8 Å². The summed E-state index contributed by atoms with van der Waals surface area (Å²) in [6.07, 6.45) is 5.52. The summed E-state index contributed by atoms with van der Waals surface area (Å²) in [7, 11) is 0. The fraction of sp³-hybridized carbons (Fsp3) is 0.0714. The molecule has 1 radical (unpaired) electrons. The standard InChI is InChI=1S/C23H12NS.C5H8O2.Ir/c1-2-7-21-17(5-1)18-12-15(10-11-22(18)25-21)20-13-16-9-8-14-4-3-6-19(24-20)23(14)16;1-4(6)3-5(2)7;/h1-9,11-13H;3,6H,1-2H3;/q-1;;/b;4-3-;. The number of rotatable bonds is 2. The molecule has 0 bridgehead atoms. The summed E-state index contributed by atoms with van der Waals surface area (Å²) in [5.74, 6) is -0.0625. The van der Waals surface area contributed by atoms with E-state index in [0.717, 1.165) is 16.8 Å². The third-order valence-electron chi connectivity index (χ3n) is 5.34. The average Bonchev–Trinajstić information content (AvgIpc) is 3.35. The number of benzene rings is 3. The number of thiophene rings is 1. The number of allylic oxidation sites excluding steroid dienone is 2. The van der Waals surface area contributed by atoms with Gasteiger partial charge in [-0.2, -0.15) is 11.3 Å². The fourth-order valence-electron chi connectivity index (χ4n) is 4.05. The Labute approximate surface area is 209 Å². The van der Waals surface area contributed by atoms with Crippen molar-refractivity contribution in [3.8, 4) is 11.3 Å². The summed E-state index contributed by atoms with van der Waals surface area (Å²) >= 11 is 1.82. The quantitative estimate of drug-likeness (QED) is 0.122. The minimum Gasteiger partial charge on any atom is -0.512 e. The van der Waals surface area contributed by atoms with Crippen LogP contribution < -0.4 is 0 Å². The van der Waals surface area contributed by atoms with Gasteiger partial charge < -0.3 is 5.11 Å². The number of hydrogen-bond acceptors (Lipinski definition) is 4. The Bertz CT molecular complexity index is 1580. The van der Waals surface area contributed by atoms with Gasteiger partial charge in [-0.05, 0) is 52.9 Å². The van der Waals surface area contributed by atoms with Gasteiger partial charge in [0.2, 0.25) is 0 Å². The second-order valence-electron chi connectivity index (χ2n) is 7.79. The second kappa shape index (κ2) is 9.40. The molecule has 0 unspecified atom stereocenters. The van der Waals surface area contributed by atoms with Crippen molar-refractivity contribution in [1.82, 2.24) is 4.98 Å². The smallest absolute Gasteiger partial charge is 0.155 e. The van der Waals surface area contributed by atoms with Gasteiger partial charge in [0.1, 0.15) is 0 Å². The molecular formula is C28H20IrNO2S-. The van der Waals surface area contributed by atoms with Crippen molar-refractivity contribution in [3.05, 3.63) is 89.7 Å². The molecule has 0 saturated carbocycles. The fourth-order valence-corrected chi connectivity index (χ4v) is 5.11. The van der Waals surface area contributed by atoms with E-state index in [1.165, 1.54) is 56.6 Å². The molecule has 1 aliphatic carbocycles. The molecule has 2 aromatic heterocycles. The predicted octanol–water partition coefficient (Wildman–Crippen LogP) is 7.59. The van der Waals surface area contributed by atoms with Gasteiger partial charge in [-0.1, -0.05) is 53.9 Å². The molecule has 0 atom stereocenters. The SMILES string of the molecule is CC(=O)/C=C(/C)O.[Ir].[c-]1cc2sc3ccccc3c2cc1-c1cc2c3c(cccc3n1)C=C2. The number of aliphatic hydroxyl groups excluding tert-OH is 1. The number of aromatic nitrogens is 1. The van der Waals surface area contributed by atoms with E-state index in [-0.39, 0.29) is 31.6 Å². The summed E-state index contributed by atoms with van der Waals surface area (Å²) in [5.41, 5.74) is 5.61. The number of aliphatic hydroxyl groups is 1. The van der Waals surface area contributed by atoms with Crippen LogP contribution in [0.15, 0.2) is 72.5 Å². The third kappa shape index (κ3) is 4.53. The van der Waals surface area contributed by atoms with E-state index < -0.39 is 0 Å². The topological polar surface area (TPSA) is 50.2 Å². The van der Waals surface area contributed by atoms with E-state index in [2.05, 4.69) is 78.9 Å². The first kappa shape index (κ1) is 23.1. The van der Waals surface area contributed by atoms with Crippen LogP contribution in [0.3, 0.4) is 0 Å². The molecule has 0 amide bonds. The first-order valence-corrected chi connectivity index (χ1v) is 11.1. The van der Waals surface area contributed by atoms with Gasteiger partial charge in [0.05, 0.1) is 11.3 Å². The van der Waals surface area contributed by atoms with Crippen LogP contribution in [0.2, 0.25) is 0 Å². The maximum Gasteiger partial charge on any atom is 0.155 e. The summed E-state index contributed by atoms with van der Waals surface area (Å²) in [4.78, 5) is 14.9. The van der Waals surface area contributed by atoms with Gasteiger partial charge in [0.15, 0.2) is 5.78 Å². The number of nitrogens with zero attached hydrogens (tertiary/aromatic N) is 1. The van der Waals surface area contributed by atoms with E-state index >= 15 is 0 Å². The Morgan fingerprint density at radius 3 is 2.52 bits per heavy atom. The molecule has 5 aromatic rings. The van der Waals surface area contributed by atoms with Crippen molar-refractivity contribution in [2.75, 3.05) is 0 Å². The number of pyridine rings is 1. The maximum absolute atomic E-state index is 10.0. The monoisotopic (exact) mass is 627 g/mol. The first-order valence-electron chi connectivity index (χ1n) is 10.3. The molecule has 0 saturated heterocycles. The van der Waals surface area contributed by atoms with E-state index in [1.807, 2.05) is 11.3 Å². The summed E-state index contributed by atoms with van der Waals surface area (Å²) < 4.78 is 2.60. The Morgan fingerprint density at radius 1 is 0.970 bits per heavy atom. The number of carbonyl (C=O) groups is 1. The van der Waals surface area contributed by atoms with Gasteiger partial charge >= 0.3 is 0 Å². The van der Waals surface area contributed by atoms with E-state index in [1.54, 1.807) is 0 Å². The van der Waals surface area contributed by atoms with E-state index in [0.29, 0.717) is 0 Å². The molecule has 6 rings (SSSR count). The number of carbonyl (C=O) groups excluding carboxylic acids is 1. The van der Waals surface area contributed by atoms with Crippen molar-refractivity contribution in [2.45, 2.75) is 13.8 Å². The van der Waals surface area contributed by atoms with Crippen LogP contribution in [-0.2, 0) is 24.9 Å². The van der Waals surface area contributed by atoms with Crippen LogP contribution in [0.1, 0.15) is 25.0 Å².